The third-order valence-corrected chi connectivity index (χ3v) is 4.20. The maximum atomic E-state index is 12.2. The van der Waals surface area contributed by atoms with Crippen molar-refractivity contribution in [3.63, 3.8) is 0 Å². The van der Waals surface area contributed by atoms with Gasteiger partial charge in [-0.1, -0.05) is 42.0 Å². The third-order valence-electron chi connectivity index (χ3n) is 4.20. The number of hydroxylamine groups is 1. The number of aliphatic hydroxyl groups is 1. The van der Waals surface area contributed by atoms with E-state index in [9.17, 15) is 14.7 Å². The minimum Gasteiger partial charge on any atom is -0.391 e. The third kappa shape index (κ3) is 5.40. The first-order valence-corrected chi connectivity index (χ1v) is 8.48. The van der Waals surface area contributed by atoms with E-state index in [4.69, 9.17) is 5.21 Å². The highest BCUT2D eigenvalue weighted by atomic mass is 16.5. The zero-order valence-corrected chi connectivity index (χ0v) is 14.9. The maximum Gasteiger partial charge on any atom is 0.268 e. The second kappa shape index (κ2) is 9.12. The first kappa shape index (κ1) is 19.6. The number of aryl methyl sites for hydroxylation is 3. The molecular weight excluding hydrogens is 332 g/mol. The van der Waals surface area contributed by atoms with Crippen LogP contribution in [0.25, 0.3) is 0 Å². The van der Waals surface area contributed by atoms with E-state index in [1.54, 1.807) is 12.1 Å². The highest BCUT2D eigenvalue weighted by Gasteiger charge is 2.25. The topological polar surface area (TPSA) is 98.7 Å². The first-order chi connectivity index (χ1) is 12.4. The van der Waals surface area contributed by atoms with E-state index < -0.39 is 24.0 Å². The molecule has 0 aliphatic rings. The number of carbonyl (C=O) groups excluding carboxylic acids is 2. The van der Waals surface area contributed by atoms with Crippen LogP contribution in [0.4, 0.5) is 0 Å². The summed E-state index contributed by atoms with van der Waals surface area (Å²) in [7, 11) is 0. The van der Waals surface area contributed by atoms with Crippen molar-refractivity contribution in [1.82, 2.24) is 10.8 Å². The monoisotopic (exact) mass is 356 g/mol. The Hall–Kier alpha value is -2.70. The van der Waals surface area contributed by atoms with Gasteiger partial charge in [-0.2, -0.15) is 0 Å². The molecule has 0 radical (unpaired) electrons. The molecule has 0 saturated heterocycles. The molecule has 26 heavy (non-hydrogen) atoms. The Bertz CT molecular complexity index is 739. The van der Waals surface area contributed by atoms with E-state index in [1.807, 2.05) is 12.1 Å². The van der Waals surface area contributed by atoms with E-state index in [2.05, 4.69) is 36.5 Å². The first-order valence-electron chi connectivity index (χ1n) is 8.48. The van der Waals surface area contributed by atoms with Crippen molar-refractivity contribution in [2.75, 3.05) is 0 Å². The van der Waals surface area contributed by atoms with Crippen molar-refractivity contribution in [2.45, 2.75) is 38.8 Å². The Morgan fingerprint density at radius 2 is 1.46 bits per heavy atom. The van der Waals surface area contributed by atoms with E-state index in [-0.39, 0.29) is 0 Å². The van der Waals surface area contributed by atoms with Crippen LogP contribution >= 0.6 is 0 Å². The van der Waals surface area contributed by atoms with Gasteiger partial charge in [-0.3, -0.25) is 14.8 Å². The van der Waals surface area contributed by atoms with Crippen LogP contribution in [-0.4, -0.2) is 34.3 Å². The van der Waals surface area contributed by atoms with E-state index in [0.29, 0.717) is 5.56 Å². The van der Waals surface area contributed by atoms with Crippen LogP contribution in [0.2, 0.25) is 0 Å². The van der Waals surface area contributed by atoms with Gasteiger partial charge in [0, 0.05) is 5.56 Å². The van der Waals surface area contributed by atoms with Crippen LogP contribution in [0, 0.1) is 6.92 Å². The van der Waals surface area contributed by atoms with Crippen molar-refractivity contribution < 1.29 is 19.9 Å². The predicted molar refractivity (Wildman–Crippen MR) is 97.9 cm³/mol. The second-order valence-electron chi connectivity index (χ2n) is 6.35. The number of aliphatic hydroxyl groups excluding tert-OH is 1. The summed E-state index contributed by atoms with van der Waals surface area (Å²) in [6.45, 7) is 3.41. The van der Waals surface area contributed by atoms with Gasteiger partial charge in [-0.15, -0.1) is 0 Å². The number of hydrogen-bond donors (Lipinski definition) is 4. The zero-order chi connectivity index (χ0) is 19.1. The van der Waals surface area contributed by atoms with Gasteiger partial charge in [-0.05, 0) is 49.9 Å². The average Bonchev–Trinajstić information content (AvgIpc) is 2.65. The number of nitrogens with one attached hydrogen (secondary N) is 2. The van der Waals surface area contributed by atoms with Crippen molar-refractivity contribution in [3.8, 4) is 0 Å². The molecule has 0 aromatic heterocycles. The Kier molecular flexibility index (Phi) is 6.89. The Morgan fingerprint density at radius 3 is 1.92 bits per heavy atom. The normalized spacial score (nSPS) is 12.9. The number of hydrogen-bond acceptors (Lipinski definition) is 4. The molecule has 0 aliphatic heterocycles. The smallest absolute Gasteiger partial charge is 0.268 e. The van der Waals surface area contributed by atoms with Gasteiger partial charge >= 0.3 is 0 Å². The van der Waals surface area contributed by atoms with E-state index in [0.717, 1.165) is 18.4 Å². The molecular formula is C20H24N2O4. The Labute approximate surface area is 152 Å². The molecule has 6 nitrogen and oxygen atoms in total. The fourth-order valence-corrected chi connectivity index (χ4v) is 2.57. The summed E-state index contributed by atoms with van der Waals surface area (Å²) >= 11 is 0. The summed E-state index contributed by atoms with van der Waals surface area (Å²) in [6, 6.07) is 14.3. The number of benzene rings is 2. The average molecular weight is 356 g/mol. The molecule has 4 N–H and O–H groups in total. The highest BCUT2D eigenvalue weighted by Crippen LogP contribution is 2.11. The number of amides is 2. The number of carbonyl (C=O) groups is 2. The lowest BCUT2D eigenvalue weighted by atomic mass is 10.0. The standard InChI is InChI=1S/C20H24N2O4/c1-13-3-5-15(6-4-13)7-8-16-9-11-17(12-10-16)19(24)21-18(14(2)23)20(25)22-26/h3-6,9-12,14,18,23,26H,7-8H2,1-2H3,(H,21,24)(H,22,25)/t14?,18-/m0/s1. The largest absolute Gasteiger partial charge is 0.391 e. The molecule has 2 atom stereocenters. The maximum absolute atomic E-state index is 12.2. The van der Waals surface area contributed by atoms with Crippen LogP contribution in [0.15, 0.2) is 48.5 Å². The fourth-order valence-electron chi connectivity index (χ4n) is 2.57. The van der Waals surface area contributed by atoms with Crippen molar-refractivity contribution in [3.05, 3.63) is 70.8 Å². The summed E-state index contributed by atoms with van der Waals surface area (Å²) in [5.74, 6) is -1.37. The lowest BCUT2D eigenvalue weighted by molar-refractivity contribution is -0.133. The molecule has 2 rings (SSSR count). The summed E-state index contributed by atoms with van der Waals surface area (Å²) in [5.41, 5.74) is 5.40. The second-order valence-corrected chi connectivity index (χ2v) is 6.35. The van der Waals surface area contributed by atoms with E-state index >= 15 is 0 Å². The van der Waals surface area contributed by atoms with Gasteiger partial charge in [0.25, 0.3) is 11.8 Å². The van der Waals surface area contributed by atoms with Gasteiger partial charge in [0.2, 0.25) is 0 Å². The summed E-state index contributed by atoms with van der Waals surface area (Å²) in [5, 5.41) is 20.6. The quantitative estimate of drug-likeness (QED) is 0.449. The van der Waals surface area contributed by atoms with Gasteiger partial charge in [0.05, 0.1) is 6.10 Å². The van der Waals surface area contributed by atoms with Gasteiger partial charge in [0.1, 0.15) is 6.04 Å². The SMILES string of the molecule is Cc1ccc(CCc2ccc(C(=O)N[C@H](C(=O)NO)C(C)O)cc2)cc1. The van der Waals surface area contributed by atoms with Crippen molar-refractivity contribution in [2.24, 2.45) is 0 Å². The van der Waals surface area contributed by atoms with E-state index in [1.165, 1.54) is 23.5 Å². The zero-order valence-electron chi connectivity index (χ0n) is 14.9. The summed E-state index contributed by atoms with van der Waals surface area (Å²) in [6.07, 6.45) is 0.626. The fraction of sp³-hybridized carbons (Fsp3) is 0.300. The number of rotatable bonds is 7. The molecule has 2 amide bonds. The Balaban J connectivity index is 1.96. The molecule has 2 aromatic carbocycles. The molecule has 0 fully saturated rings. The minimum absolute atomic E-state index is 0.375. The van der Waals surface area contributed by atoms with Gasteiger partial charge in [0.15, 0.2) is 0 Å². The molecule has 0 bridgehead atoms. The molecule has 2 aromatic rings. The Morgan fingerprint density at radius 1 is 0.962 bits per heavy atom. The summed E-state index contributed by atoms with van der Waals surface area (Å²) in [4.78, 5) is 23.7. The molecule has 0 heterocycles. The molecule has 6 heteroatoms. The lowest BCUT2D eigenvalue weighted by Gasteiger charge is -2.19. The van der Waals surface area contributed by atoms with Crippen LogP contribution in [0.5, 0.6) is 0 Å². The predicted octanol–water partition coefficient (Wildman–Crippen LogP) is 1.76. The van der Waals surface area contributed by atoms with Crippen molar-refractivity contribution >= 4 is 11.8 Å². The van der Waals surface area contributed by atoms with Crippen molar-refractivity contribution in [1.29, 1.82) is 0 Å². The highest BCUT2D eigenvalue weighted by molar-refractivity contribution is 5.97. The molecule has 0 aliphatic carbocycles. The lowest BCUT2D eigenvalue weighted by Crippen LogP contribution is -2.51. The molecule has 0 spiro atoms. The van der Waals surface area contributed by atoms with Crippen LogP contribution in [0.3, 0.4) is 0 Å². The molecule has 0 saturated carbocycles. The van der Waals surface area contributed by atoms with Crippen LogP contribution < -0.4 is 10.8 Å². The summed E-state index contributed by atoms with van der Waals surface area (Å²) < 4.78 is 0. The van der Waals surface area contributed by atoms with Gasteiger partial charge in [-0.25, -0.2) is 5.48 Å². The van der Waals surface area contributed by atoms with Gasteiger partial charge < -0.3 is 10.4 Å². The minimum atomic E-state index is -1.23. The molecule has 138 valence electrons. The molecule has 1 unspecified atom stereocenters. The van der Waals surface area contributed by atoms with Crippen LogP contribution in [0.1, 0.15) is 34.0 Å². The van der Waals surface area contributed by atoms with Crippen LogP contribution in [-0.2, 0) is 17.6 Å².